The van der Waals surface area contributed by atoms with Gasteiger partial charge >= 0.3 is 0 Å². The molecule has 1 aromatic carbocycles. The van der Waals surface area contributed by atoms with Gasteiger partial charge in [0.2, 0.25) is 6.23 Å². The van der Waals surface area contributed by atoms with Crippen molar-refractivity contribution in [3.05, 3.63) is 71.7 Å². The maximum Gasteiger partial charge on any atom is 0.272 e. The zero-order chi connectivity index (χ0) is 20.8. The molecule has 1 unspecified atom stereocenters. The van der Waals surface area contributed by atoms with Gasteiger partial charge in [0.25, 0.3) is 5.91 Å². The zero-order valence-corrected chi connectivity index (χ0v) is 16.4. The van der Waals surface area contributed by atoms with Gasteiger partial charge in [0.05, 0.1) is 5.69 Å². The van der Waals surface area contributed by atoms with E-state index in [1.165, 1.54) is 0 Å². The van der Waals surface area contributed by atoms with Crippen molar-refractivity contribution in [3.63, 3.8) is 0 Å². The Morgan fingerprint density at radius 3 is 2.69 bits per heavy atom. The van der Waals surface area contributed by atoms with Crippen molar-refractivity contribution in [1.29, 1.82) is 5.41 Å². The van der Waals surface area contributed by atoms with Crippen LogP contribution in [0.4, 0.5) is 0 Å². The highest BCUT2D eigenvalue weighted by Crippen LogP contribution is 2.21. The molecule has 0 saturated carbocycles. The number of amides is 1. The summed E-state index contributed by atoms with van der Waals surface area (Å²) in [7, 11) is 0. The highest BCUT2D eigenvalue weighted by atomic mass is 16.5. The number of aromatic nitrogens is 3. The molecule has 2 aromatic heterocycles. The summed E-state index contributed by atoms with van der Waals surface area (Å²) in [4.78, 5) is 16.9. The summed E-state index contributed by atoms with van der Waals surface area (Å²) >= 11 is 0. The number of pyridine rings is 1. The number of nitrogens with one attached hydrogen (secondary N) is 2. The average Bonchev–Trinajstić information content (AvgIpc) is 3.12. The standard InChI is InChI=1S/C21H24N6O2/c1-3-29-21(20(28)25-12-15-6-8-16(9-7-15)19(22)23)27-14(2)11-18(26-27)17-5-4-10-24-13-17/h4-11,13,21H,3,12H2,1-2H3,(H3,22,23)(H,25,28). The van der Waals surface area contributed by atoms with Gasteiger partial charge in [-0.25, -0.2) is 4.68 Å². The first-order valence-electron chi connectivity index (χ1n) is 9.28. The summed E-state index contributed by atoms with van der Waals surface area (Å²) in [6.45, 7) is 4.41. The fourth-order valence-electron chi connectivity index (χ4n) is 2.87. The Balaban J connectivity index is 1.74. The van der Waals surface area contributed by atoms with E-state index < -0.39 is 6.23 Å². The lowest BCUT2D eigenvalue weighted by atomic mass is 10.1. The Kier molecular flexibility index (Phi) is 6.36. The van der Waals surface area contributed by atoms with Crippen molar-refractivity contribution in [2.45, 2.75) is 26.6 Å². The van der Waals surface area contributed by atoms with Crippen LogP contribution in [0.5, 0.6) is 0 Å². The lowest BCUT2D eigenvalue weighted by Crippen LogP contribution is -2.35. The maximum absolute atomic E-state index is 12.8. The second-order valence-electron chi connectivity index (χ2n) is 6.49. The van der Waals surface area contributed by atoms with E-state index in [9.17, 15) is 4.79 Å². The number of rotatable bonds is 8. The first-order chi connectivity index (χ1) is 14.0. The lowest BCUT2D eigenvalue weighted by molar-refractivity contribution is -0.140. The average molecular weight is 392 g/mol. The molecule has 0 radical (unpaired) electrons. The van der Waals surface area contributed by atoms with Crippen LogP contribution < -0.4 is 11.1 Å². The first kappa shape index (κ1) is 20.2. The van der Waals surface area contributed by atoms with Crippen molar-refractivity contribution in [2.75, 3.05) is 6.61 Å². The van der Waals surface area contributed by atoms with Gasteiger partial charge < -0.3 is 15.8 Å². The zero-order valence-electron chi connectivity index (χ0n) is 16.4. The molecule has 0 saturated heterocycles. The molecule has 0 aliphatic carbocycles. The summed E-state index contributed by atoms with van der Waals surface area (Å²) in [6, 6.07) is 12.8. The molecule has 3 rings (SSSR count). The number of hydrogen-bond donors (Lipinski definition) is 3. The third-order valence-corrected chi connectivity index (χ3v) is 4.38. The SMILES string of the molecule is CCOC(C(=O)NCc1ccc(C(=N)N)cc1)n1nc(-c2cccnc2)cc1C. The minimum Gasteiger partial charge on any atom is -0.384 e. The molecule has 2 heterocycles. The van der Waals surface area contributed by atoms with Crippen LogP contribution in [-0.4, -0.2) is 33.1 Å². The molecule has 4 N–H and O–H groups in total. The fraction of sp³-hybridized carbons (Fsp3) is 0.238. The molecule has 8 heteroatoms. The van der Waals surface area contributed by atoms with Crippen molar-refractivity contribution >= 4 is 11.7 Å². The van der Waals surface area contributed by atoms with Crippen LogP contribution >= 0.6 is 0 Å². The quantitative estimate of drug-likeness (QED) is 0.402. The Morgan fingerprint density at radius 1 is 1.31 bits per heavy atom. The number of nitrogens with zero attached hydrogens (tertiary/aromatic N) is 3. The number of nitrogen functional groups attached to an aromatic ring is 1. The molecule has 0 bridgehead atoms. The summed E-state index contributed by atoms with van der Waals surface area (Å²) < 4.78 is 7.27. The smallest absolute Gasteiger partial charge is 0.272 e. The molecule has 0 spiro atoms. The molecule has 1 atom stereocenters. The number of ether oxygens (including phenoxy) is 1. The predicted molar refractivity (Wildman–Crippen MR) is 110 cm³/mol. The minimum absolute atomic E-state index is 0.00979. The van der Waals surface area contributed by atoms with Gasteiger partial charge in [-0.3, -0.25) is 15.2 Å². The van der Waals surface area contributed by atoms with Crippen molar-refractivity contribution in [1.82, 2.24) is 20.1 Å². The van der Waals surface area contributed by atoms with Gasteiger partial charge in [0, 0.05) is 42.4 Å². The third-order valence-electron chi connectivity index (χ3n) is 4.38. The van der Waals surface area contributed by atoms with Crippen molar-refractivity contribution < 1.29 is 9.53 Å². The first-order valence-corrected chi connectivity index (χ1v) is 9.28. The minimum atomic E-state index is -0.873. The number of carbonyl (C=O) groups is 1. The molecule has 3 aromatic rings. The molecule has 150 valence electrons. The van der Waals surface area contributed by atoms with Crippen LogP contribution in [0.1, 0.15) is 30.0 Å². The summed E-state index contributed by atoms with van der Waals surface area (Å²) in [6.07, 6.45) is 2.56. The van der Waals surface area contributed by atoms with Crippen LogP contribution in [0.3, 0.4) is 0 Å². The molecule has 1 amide bonds. The Labute approximate surface area is 169 Å². The van der Waals surface area contributed by atoms with Gasteiger partial charge in [-0.2, -0.15) is 5.10 Å². The maximum atomic E-state index is 12.8. The normalized spacial score (nSPS) is 11.8. The van der Waals surface area contributed by atoms with E-state index in [1.54, 1.807) is 29.2 Å². The van der Waals surface area contributed by atoms with E-state index in [1.807, 2.05) is 44.2 Å². The monoisotopic (exact) mass is 392 g/mol. The Bertz CT molecular complexity index is 982. The van der Waals surface area contributed by atoms with E-state index in [2.05, 4.69) is 15.4 Å². The second kappa shape index (κ2) is 9.11. The highest BCUT2D eigenvalue weighted by molar-refractivity contribution is 5.94. The topological polar surface area (TPSA) is 119 Å². The van der Waals surface area contributed by atoms with Crippen molar-refractivity contribution in [3.8, 4) is 11.3 Å². The summed E-state index contributed by atoms with van der Waals surface area (Å²) in [5, 5.41) is 14.9. The van der Waals surface area contributed by atoms with Gasteiger partial charge in [0.1, 0.15) is 5.84 Å². The van der Waals surface area contributed by atoms with E-state index in [4.69, 9.17) is 15.9 Å². The number of amidine groups is 1. The van der Waals surface area contributed by atoms with E-state index >= 15 is 0 Å². The number of carbonyl (C=O) groups excluding carboxylic acids is 1. The summed E-state index contributed by atoms with van der Waals surface area (Å²) in [5.41, 5.74) is 9.41. The molecule has 0 aliphatic heterocycles. The lowest BCUT2D eigenvalue weighted by Gasteiger charge is -2.18. The molecule has 29 heavy (non-hydrogen) atoms. The Hall–Kier alpha value is -3.52. The largest absolute Gasteiger partial charge is 0.384 e. The molecular formula is C21H24N6O2. The van der Waals surface area contributed by atoms with Gasteiger partial charge in [-0.05, 0) is 37.6 Å². The number of aryl methyl sites for hydroxylation is 1. The van der Waals surface area contributed by atoms with Gasteiger partial charge in [-0.15, -0.1) is 0 Å². The number of benzene rings is 1. The van der Waals surface area contributed by atoms with Crippen LogP contribution in [0.25, 0.3) is 11.3 Å². The molecule has 0 aliphatic rings. The second-order valence-corrected chi connectivity index (χ2v) is 6.49. The number of nitrogens with two attached hydrogens (primary N) is 1. The van der Waals surface area contributed by atoms with Gasteiger partial charge in [0.15, 0.2) is 0 Å². The van der Waals surface area contributed by atoms with Crippen molar-refractivity contribution in [2.24, 2.45) is 5.73 Å². The molecule has 8 nitrogen and oxygen atoms in total. The van der Waals surface area contributed by atoms with Crippen LogP contribution in [0.15, 0.2) is 54.9 Å². The summed E-state index contributed by atoms with van der Waals surface area (Å²) in [5.74, 6) is -0.276. The predicted octanol–water partition coefficient (Wildman–Crippen LogP) is 2.39. The van der Waals surface area contributed by atoms with Crippen LogP contribution in [0, 0.1) is 12.3 Å². The van der Waals surface area contributed by atoms with E-state index in [0.29, 0.717) is 18.7 Å². The highest BCUT2D eigenvalue weighted by Gasteiger charge is 2.24. The van der Waals surface area contributed by atoms with E-state index in [0.717, 1.165) is 22.5 Å². The van der Waals surface area contributed by atoms with Gasteiger partial charge in [-0.1, -0.05) is 24.3 Å². The fourth-order valence-corrected chi connectivity index (χ4v) is 2.87. The van der Waals surface area contributed by atoms with E-state index in [-0.39, 0.29) is 11.7 Å². The Morgan fingerprint density at radius 2 is 2.07 bits per heavy atom. The molecule has 0 fully saturated rings. The molecular weight excluding hydrogens is 368 g/mol. The van der Waals surface area contributed by atoms with Crippen LogP contribution in [0.2, 0.25) is 0 Å². The number of hydrogen-bond acceptors (Lipinski definition) is 5. The van der Waals surface area contributed by atoms with Crippen LogP contribution in [-0.2, 0) is 16.1 Å². The third kappa shape index (κ3) is 4.85.